The molecule has 2 amide bonds. The zero-order valence-corrected chi connectivity index (χ0v) is 18.9. The molecule has 1 aliphatic rings. The molecule has 5 nitrogen and oxygen atoms in total. The maximum Gasteiger partial charge on any atom is 0.251 e. The summed E-state index contributed by atoms with van der Waals surface area (Å²) < 4.78 is 13.3. The molecule has 0 radical (unpaired) electrons. The molecule has 0 spiro atoms. The number of rotatable bonds is 5. The Morgan fingerprint density at radius 1 is 0.970 bits per heavy atom. The molecule has 0 bridgehead atoms. The molecule has 1 unspecified atom stereocenters. The molecule has 0 aromatic heterocycles. The first-order chi connectivity index (χ1) is 15.9. The SMILES string of the molecule is CNC(=O)c1cccc(C2CN(Cc3cccc(-c4ccc(F)cc4)c3)CCN2C(C)=O)c1. The van der Waals surface area contributed by atoms with Crippen LogP contribution in [-0.2, 0) is 11.3 Å². The van der Waals surface area contributed by atoms with E-state index >= 15 is 0 Å². The van der Waals surface area contributed by atoms with E-state index < -0.39 is 0 Å². The van der Waals surface area contributed by atoms with Crippen LogP contribution in [0, 0.1) is 5.82 Å². The van der Waals surface area contributed by atoms with E-state index in [2.05, 4.69) is 22.3 Å². The van der Waals surface area contributed by atoms with E-state index in [0.717, 1.165) is 35.3 Å². The average Bonchev–Trinajstić information content (AvgIpc) is 2.84. The van der Waals surface area contributed by atoms with Crippen LogP contribution in [0.3, 0.4) is 0 Å². The normalized spacial score (nSPS) is 16.5. The summed E-state index contributed by atoms with van der Waals surface area (Å²) in [7, 11) is 1.61. The van der Waals surface area contributed by atoms with Crippen molar-refractivity contribution in [3.8, 4) is 11.1 Å². The highest BCUT2D eigenvalue weighted by molar-refractivity contribution is 5.94. The molecule has 0 aliphatic carbocycles. The topological polar surface area (TPSA) is 52.7 Å². The van der Waals surface area contributed by atoms with E-state index in [1.165, 1.54) is 12.1 Å². The van der Waals surface area contributed by atoms with Crippen LogP contribution in [0.4, 0.5) is 4.39 Å². The number of amides is 2. The van der Waals surface area contributed by atoms with Gasteiger partial charge >= 0.3 is 0 Å². The maximum atomic E-state index is 13.3. The second-order valence-electron chi connectivity index (χ2n) is 8.38. The van der Waals surface area contributed by atoms with Crippen LogP contribution in [-0.4, -0.2) is 48.3 Å². The number of hydrogen-bond donors (Lipinski definition) is 1. The minimum Gasteiger partial charge on any atom is -0.355 e. The first kappa shape index (κ1) is 22.7. The quantitative estimate of drug-likeness (QED) is 0.639. The van der Waals surface area contributed by atoms with Crippen LogP contribution in [0.25, 0.3) is 11.1 Å². The molecule has 1 heterocycles. The van der Waals surface area contributed by atoms with Crippen molar-refractivity contribution in [3.05, 3.63) is 95.3 Å². The van der Waals surface area contributed by atoms with Gasteiger partial charge in [0.25, 0.3) is 5.91 Å². The van der Waals surface area contributed by atoms with E-state index in [1.54, 1.807) is 32.2 Å². The monoisotopic (exact) mass is 445 g/mol. The highest BCUT2D eigenvalue weighted by Crippen LogP contribution is 2.28. The number of carbonyl (C=O) groups is 2. The van der Waals surface area contributed by atoms with Crippen molar-refractivity contribution in [1.29, 1.82) is 0 Å². The molecular formula is C27H28FN3O2. The van der Waals surface area contributed by atoms with E-state index in [-0.39, 0.29) is 23.7 Å². The Balaban J connectivity index is 1.54. The number of nitrogens with zero attached hydrogens (tertiary/aromatic N) is 2. The first-order valence-electron chi connectivity index (χ1n) is 11.1. The van der Waals surface area contributed by atoms with E-state index in [0.29, 0.717) is 18.7 Å². The molecular weight excluding hydrogens is 417 g/mol. The van der Waals surface area contributed by atoms with Gasteiger partial charge in [-0.2, -0.15) is 0 Å². The Morgan fingerprint density at radius 3 is 2.45 bits per heavy atom. The predicted octanol–water partition coefficient (Wildman–Crippen LogP) is 4.26. The molecule has 33 heavy (non-hydrogen) atoms. The van der Waals surface area contributed by atoms with Gasteiger partial charge < -0.3 is 10.2 Å². The van der Waals surface area contributed by atoms with Crippen molar-refractivity contribution in [1.82, 2.24) is 15.1 Å². The third kappa shape index (κ3) is 5.29. The van der Waals surface area contributed by atoms with Gasteiger partial charge in [-0.05, 0) is 52.6 Å². The van der Waals surface area contributed by atoms with Gasteiger partial charge in [-0.15, -0.1) is 0 Å². The molecule has 3 aromatic carbocycles. The average molecular weight is 446 g/mol. The summed E-state index contributed by atoms with van der Waals surface area (Å²) >= 11 is 0. The summed E-state index contributed by atoms with van der Waals surface area (Å²) in [5.41, 5.74) is 4.72. The highest BCUT2D eigenvalue weighted by atomic mass is 19.1. The van der Waals surface area contributed by atoms with Gasteiger partial charge in [-0.3, -0.25) is 14.5 Å². The smallest absolute Gasteiger partial charge is 0.251 e. The largest absolute Gasteiger partial charge is 0.355 e. The number of benzene rings is 3. The second-order valence-corrected chi connectivity index (χ2v) is 8.38. The molecule has 1 atom stereocenters. The minimum atomic E-state index is -0.246. The molecule has 4 rings (SSSR count). The summed E-state index contributed by atoms with van der Waals surface area (Å²) in [6.45, 7) is 4.41. The van der Waals surface area contributed by atoms with Gasteiger partial charge in [0.15, 0.2) is 0 Å². The van der Waals surface area contributed by atoms with Gasteiger partial charge in [-0.1, -0.05) is 42.5 Å². The zero-order valence-electron chi connectivity index (χ0n) is 18.9. The maximum absolute atomic E-state index is 13.3. The Bertz CT molecular complexity index is 1150. The highest BCUT2D eigenvalue weighted by Gasteiger charge is 2.30. The van der Waals surface area contributed by atoms with E-state index in [9.17, 15) is 14.0 Å². The van der Waals surface area contributed by atoms with Gasteiger partial charge in [0.1, 0.15) is 5.82 Å². The standard InChI is InChI=1S/C27H28FN3O2/c1-19(32)31-14-13-30(18-26(31)23-7-4-8-24(16-23)27(33)29-2)17-20-5-3-6-22(15-20)21-9-11-25(28)12-10-21/h3-12,15-16,26H,13-14,17-18H2,1-2H3,(H,29,33). The first-order valence-corrected chi connectivity index (χ1v) is 11.1. The lowest BCUT2D eigenvalue weighted by Crippen LogP contribution is -2.49. The fourth-order valence-corrected chi connectivity index (χ4v) is 4.43. The van der Waals surface area contributed by atoms with Gasteiger partial charge in [0.2, 0.25) is 5.91 Å². The van der Waals surface area contributed by atoms with E-state index in [4.69, 9.17) is 0 Å². The molecule has 1 fully saturated rings. The van der Waals surface area contributed by atoms with Crippen LogP contribution >= 0.6 is 0 Å². The molecule has 1 saturated heterocycles. The molecule has 1 aliphatic heterocycles. The van der Waals surface area contributed by atoms with Gasteiger partial charge in [-0.25, -0.2) is 4.39 Å². The zero-order chi connectivity index (χ0) is 23.4. The Kier molecular flexibility index (Phi) is 6.84. The number of halogens is 1. The fraction of sp³-hybridized carbons (Fsp3) is 0.259. The third-order valence-corrected chi connectivity index (χ3v) is 6.14. The Labute approximate surface area is 193 Å². The third-order valence-electron chi connectivity index (χ3n) is 6.14. The van der Waals surface area contributed by atoms with Crippen LogP contribution in [0.5, 0.6) is 0 Å². The molecule has 3 aromatic rings. The number of piperazine rings is 1. The summed E-state index contributed by atoms with van der Waals surface area (Å²) in [6, 6.07) is 22.2. The predicted molar refractivity (Wildman–Crippen MR) is 127 cm³/mol. The van der Waals surface area contributed by atoms with Crippen LogP contribution in [0.1, 0.15) is 34.5 Å². The molecule has 6 heteroatoms. The van der Waals surface area contributed by atoms with Crippen molar-refractivity contribution in [2.75, 3.05) is 26.7 Å². The van der Waals surface area contributed by atoms with Crippen LogP contribution in [0.15, 0.2) is 72.8 Å². The van der Waals surface area contributed by atoms with Gasteiger partial charge in [0.05, 0.1) is 6.04 Å². The van der Waals surface area contributed by atoms with Crippen molar-refractivity contribution >= 4 is 11.8 Å². The van der Waals surface area contributed by atoms with E-state index in [1.807, 2.05) is 35.2 Å². The lowest BCUT2D eigenvalue weighted by Gasteiger charge is -2.41. The number of carbonyl (C=O) groups excluding carboxylic acids is 2. The lowest BCUT2D eigenvalue weighted by molar-refractivity contribution is -0.134. The van der Waals surface area contributed by atoms with Crippen molar-refractivity contribution in [2.45, 2.75) is 19.5 Å². The Morgan fingerprint density at radius 2 is 1.73 bits per heavy atom. The van der Waals surface area contributed by atoms with Crippen LogP contribution < -0.4 is 5.32 Å². The molecule has 0 saturated carbocycles. The summed E-state index contributed by atoms with van der Waals surface area (Å²) in [4.78, 5) is 28.7. The molecule has 1 N–H and O–H groups in total. The number of hydrogen-bond acceptors (Lipinski definition) is 3. The van der Waals surface area contributed by atoms with Gasteiger partial charge in [0, 0.05) is 45.7 Å². The van der Waals surface area contributed by atoms with Crippen LogP contribution in [0.2, 0.25) is 0 Å². The summed E-state index contributed by atoms with van der Waals surface area (Å²) in [6.07, 6.45) is 0. The second kappa shape index (κ2) is 9.96. The van der Waals surface area contributed by atoms with Crippen molar-refractivity contribution in [2.24, 2.45) is 0 Å². The summed E-state index contributed by atoms with van der Waals surface area (Å²) in [5, 5.41) is 2.66. The summed E-state index contributed by atoms with van der Waals surface area (Å²) in [5.74, 6) is -0.357. The lowest BCUT2D eigenvalue weighted by atomic mass is 9.98. The molecule has 170 valence electrons. The fourth-order valence-electron chi connectivity index (χ4n) is 4.43. The minimum absolute atomic E-state index is 0.0308. The Hall–Kier alpha value is -3.51. The van der Waals surface area contributed by atoms with Crippen molar-refractivity contribution in [3.63, 3.8) is 0 Å². The number of nitrogens with one attached hydrogen (secondary N) is 1. The van der Waals surface area contributed by atoms with Crippen molar-refractivity contribution < 1.29 is 14.0 Å².